The minimum atomic E-state index is -4.80. The molecule has 31 heavy (non-hydrogen) atoms. The molecule has 0 bridgehead atoms. The fourth-order valence-corrected chi connectivity index (χ4v) is 4.67. The average Bonchev–Trinajstić information content (AvgIpc) is 3.10. The molecule has 0 radical (unpaired) electrons. The fraction of sp³-hybridized carbons (Fsp3) is 0.381. The summed E-state index contributed by atoms with van der Waals surface area (Å²) in [5, 5.41) is 0.521. The second-order valence-corrected chi connectivity index (χ2v) is 8.72. The van der Waals surface area contributed by atoms with E-state index in [1.165, 1.54) is 12.1 Å². The molecular weight excluding hydrogens is 446 g/mol. The van der Waals surface area contributed by atoms with Gasteiger partial charge in [-0.1, -0.05) is 27.6 Å². The van der Waals surface area contributed by atoms with Crippen molar-refractivity contribution < 1.29 is 35.5 Å². The van der Waals surface area contributed by atoms with E-state index in [1.54, 1.807) is 13.8 Å². The highest BCUT2D eigenvalue weighted by molar-refractivity contribution is 7.47. The molecule has 10 heteroatoms. The van der Waals surface area contributed by atoms with E-state index in [4.69, 9.17) is 4.74 Å². The molecule has 1 aliphatic heterocycles. The third kappa shape index (κ3) is 5.37. The Bertz CT molecular complexity index is 985. The lowest BCUT2D eigenvalue weighted by molar-refractivity contribution is -0.140. The van der Waals surface area contributed by atoms with Crippen LogP contribution in [0.15, 0.2) is 41.4 Å². The fourth-order valence-electron chi connectivity index (χ4n) is 3.23. The minimum Gasteiger partial charge on any atom is -0.475 e. The maximum Gasteiger partial charge on any atom is 0.419 e. The molecule has 0 fully saturated rings. The van der Waals surface area contributed by atoms with Crippen molar-refractivity contribution in [2.75, 3.05) is 6.61 Å². The number of halogens is 7. The van der Waals surface area contributed by atoms with Gasteiger partial charge in [0, 0.05) is 11.2 Å². The second-order valence-electron chi connectivity index (χ2n) is 7.19. The Balaban J connectivity index is 1.98. The maximum absolute atomic E-state index is 14.1. The maximum atomic E-state index is 14.1. The molecule has 0 N–H and O–H groups in total. The van der Waals surface area contributed by atoms with Gasteiger partial charge in [0.25, 0.3) is 0 Å². The number of alkyl halides is 6. The molecule has 168 valence electrons. The molecule has 3 rings (SSSR count). The first-order valence-electron chi connectivity index (χ1n) is 9.45. The van der Waals surface area contributed by atoms with Crippen molar-refractivity contribution >= 4 is 19.8 Å². The Kier molecular flexibility index (Phi) is 6.65. The van der Waals surface area contributed by atoms with Gasteiger partial charge < -0.3 is 4.74 Å². The van der Waals surface area contributed by atoms with Crippen LogP contribution in [0.1, 0.15) is 48.2 Å². The molecule has 2 nitrogen and oxygen atoms in total. The highest BCUT2D eigenvalue weighted by Crippen LogP contribution is 2.41. The first-order chi connectivity index (χ1) is 14.4. The number of aliphatic imine (C=N–C) groups is 1. The van der Waals surface area contributed by atoms with Crippen LogP contribution in [0.2, 0.25) is 0 Å². The van der Waals surface area contributed by atoms with Gasteiger partial charge in [-0.15, -0.1) is 0 Å². The van der Waals surface area contributed by atoms with Crippen LogP contribution in [0.5, 0.6) is 0 Å². The van der Waals surface area contributed by atoms with E-state index < -0.39 is 29.3 Å². The van der Waals surface area contributed by atoms with Gasteiger partial charge in [0.1, 0.15) is 12.4 Å². The van der Waals surface area contributed by atoms with Gasteiger partial charge in [0.2, 0.25) is 5.90 Å². The summed E-state index contributed by atoms with van der Waals surface area (Å²) in [6.45, 7) is 3.79. The third-order valence-corrected chi connectivity index (χ3v) is 6.65. The number of ether oxygens (including phenoxy) is 1. The molecule has 0 amide bonds. The Morgan fingerprint density at radius 3 is 2.29 bits per heavy atom. The molecule has 1 heterocycles. The van der Waals surface area contributed by atoms with Crippen LogP contribution in [0, 0.1) is 5.82 Å². The Labute approximate surface area is 176 Å². The zero-order valence-corrected chi connectivity index (χ0v) is 17.5. The molecular formula is C21H19F7NOP. The molecule has 2 aromatic rings. The molecule has 3 atom stereocenters. The zero-order valence-electron chi connectivity index (χ0n) is 16.5. The van der Waals surface area contributed by atoms with Crippen LogP contribution in [0.4, 0.5) is 30.7 Å². The number of hydrogen-bond acceptors (Lipinski definition) is 2. The minimum absolute atomic E-state index is 0.106. The van der Waals surface area contributed by atoms with Gasteiger partial charge >= 0.3 is 12.4 Å². The monoisotopic (exact) mass is 465 g/mol. The first kappa shape index (κ1) is 23.5. The molecule has 0 aromatic heterocycles. The van der Waals surface area contributed by atoms with E-state index >= 15 is 0 Å². The molecule has 0 aliphatic carbocycles. The molecule has 2 unspecified atom stereocenters. The molecule has 0 saturated heterocycles. The van der Waals surface area contributed by atoms with Crippen LogP contribution in [0.3, 0.4) is 0 Å². The zero-order chi connectivity index (χ0) is 23.0. The molecule has 0 saturated carbocycles. The summed E-state index contributed by atoms with van der Waals surface area (Å²) < 4.78 is 97.7. The number of benzene rings is 2. The summed E-state index contributed by atoms with van der Waals surface area (Å²) in [4.78, 5) is 4.25. The summed E-state index contributed by atoms with van der Waals surface area (Å²) in [5.74, 6) is -1.27. The van der Waals surface area contributed by atoms with Crippen molar-refractivity contribution in [3.05, 3.63) is 64.5 Å². The van der Waals surface area contributed by atoms with Crippen molar-refractivity contribution in [3.63, 3.8) is 0 Å². The summed E-state index contributed by atoms with van der Waals surface area (Å²) in [6, 6.07) is 5.80. The lowest BCUT2D eigenvalue weighted by atomic mass is 10.1. The first-order valence-corrected chi connectivity index (χ1v) is 10.5. The van der Waals surface area contributed by atoms with Crippen molar-refractivity contribution in [2.45, 2.75) is 44.3 Å². The van der Waals surface area contributed by atoms with Crippen LogP contribution >= 0.6 is 8.58 Å². The Hall–Kier alpha value is -2.15. The van der Waals surface area contributed by atoms with Gasteiger partial charge in [0.15, 0.2) is 0 Å². The highest BCUT2D eigenvalue weighted by Gasteiger charge is 2.35. The topological polar surface area (TPSA) is 21.6 Å². The lowest BCUT2D eigenvalue weighted by Crippen LogP contribution is -2.17. The summed E-state index contributed by atoms with van der Waals surface area (Å²) in [5.41, 5.74) is -2.04. The SMILES string of the molecule is CCC(Pc1ccc(C(F)(F)F)cc1C1=N[C@@H](C)CO1)c1ccc(C(F)(F)F)c(F)c1. The van der Waals surface area contributed by atoms with E-state index in [1.807, 2.05) is 0 Å². The van der Waals surface area contributed by atoms with E-state index in [-0.39, 0.29) is 38.3 Å². The van der Waals surface area contributed by atoms with Crippen molar-refractivity contribution in [1.82, 2.24) is 0 Å². The average molecular weight is 465 g/mol. The summed E-state index contributed by atoms with van der Waals surface area (Å²) in [7, 11) is -0.126. The number of nitrogens with zero attached hydrogens (tertiary/aromatic N) is 1. The second kappa shape index (κ2) is 8.77. The highest BCUT2D eigenvalue weighted by atomic mass is 31.1. The van der Waals surface area contributed by atoms with Crippen molar-refractivity contribution in [2.24, 2.45) is 4.99 Å². The predicted molar refractivity (Wildman–Crippen MR) is 106 cm³/mol. The molecule has 1 aliphatic rings. The van der Waals surface area contributed by atoms with E-state index in [0.717, 1.165) is 18.2 Å². The van der Waals surface area contributed by atoms with Crippen LogP contribution in [-0.4, -0.2) is 18.5 Å². The van der Waals surface area contributed by atoms with E-state index in [0.29, 0.717) is 23.4 Å². The normalized spacial score (nSPS) is 18.4. The predicted octanol–water partition coefficient (Wildman–Crippen LogP) is 6.48. The summed E-state index contributed by atoms with van der Waals surface area (Å²) >= 11 is 0. The van der Waals surface area contributed by atoms with Crippen molar-refractivity contribution in [3.8, 4) is 0 Å². The quantitative estimate of drug-likeness (QED) is 0.366. The largest absolute Gasteiger partial charge is 0.475 e. The van der Waals surface area contributed by atoms with Gasteiger partial charge in [-0.3, -0.25) is 0 Å². The van der Waals surface area contributed by atoms with Gasteiger partial charge in [-0.2, -0.15) is 26.3 Å². The standard InChI is InChI=1S/C21H19F7NOP/c1-3-17(12-4-6-15(16(22)8-12)21(26,27)28)31-18-7-5-13(20(23,24)25)9-14(18)19-29-11(2)10-30-19/h4-9,11,17,31H,3,10H2,1-2H3/t11-,17?/m0/s1. The van der Waals surface area contributed by atoms with Gasteiger partial charge in [-0.25, -0.2) is 9.38 Å². The van der Waals surface area contributed by atoms with Gasteiger partial charge in [-0.05, 0) is 48.5 Å². The van der Waals surface area contributed by atoms with Gasteiger partial charge in [0.05, 0.1) is 17.2 Å². The van der Waals surface area contributed by atoms with Crippen LogP contribution in [-0.2, 0) is 17.1 Å². The van der Waals surface area contributed by atoms with E-state index in [2.05, 4.69) is 4.99 Å². The summed E-state index contributed by atoms with van der Waals surface area (Å²) in [6.07, 6.45) is -8.91. The van der Waals surface area contributed by atoms with Crippen molar-refractivity contribution in [1.29, 1.82) is 0 Å². The molecule has 2 aromatic carbocycles. The van der Waals surface area contributed by atoms with Crippen LogP contribution in [0.25, 0.3) is 0 Å². The molecule has 0 spiro atoms. The third-order valence-electron chi connectivity index (χ3n) is 4.82. The van der Waals surface area contributed by atoms with Crippen LogP contribution < -0.4 is 5.30 Å². The van der Waals surface area contributed by atoms with E-state index in [9.17, 15) is 30.7 Å². The Morgan fingerprint density at radius 1 is 1.06 bits per heavy atom. The number of hydrogen-bond donors (Lipinski definition) is 0. The smallest absolute Gasteiger partial charge is 0.419 e. The lowest BCUT2D eigenvalue weighted by Gasteiger charge is -2.20. The Morgan fingerprint density at radius 2 is 1.77 bits per heavy atom. The number of rotatable bonds is 5.